The topological polar surface area (TPSA) is 29.5 Å². The molecule has 1 rings (SSSR count). The van der Waals surface area contributed by atoms with E-state index in [1.165, 1.54) is 0 Å². The Bertz CT molecular complexity index is 145. The van der Waals surface area contributed by atoms with Crippen LogP contribution in [0.15, 0.2) is 0 Å². The predicted octanol–water partition coefficient (Wildman–Crippen LogP) is 0.991. The molecule has 0 unspecified atom stereocenters. The zero-order chi connectivity index (χ0) is 8.27. The maximum atomic E-state index is 11.0. The van der Waals surface area contributed by atoms with Gasteiger partial charge in [-0.15, -0.1) is 0 Å². The second kappa shape index (κ2) is 3.72. The Morgan fingerprint density at radius 1 is 1.64 bits per heavy atom. The van der Waals surface area contributed by atoms with Gasteiger partial charge in [0.2, 0.25) is 5.91 Å². The van der Waals surface area contributed by atoms with Crippen molar-refractivity contribution in [3.8, 4) is 0 Å². The number of nitrogens with zero attached hydrogens (tertiary/aromatic N) is 1. The van der Waals surface area contributed by atoms with Crippen LogP contribution in [0.3, 0.4) is 0 Å². The fourth-order valence-corrected chi connectivity index (χ4v) is 1.08. The molecule has 0 N–H and O–H groups in total. The molecule has 0 atom stereocenters. The Labute approximate surface area is 67.3 Å². The van der Waals surface area contributed by atoms with Crippen LogP contribution in [0.2, 0.25) is 0 Å². The van der Waals surface area contributed by atoms with Crippen molar-refractivity contribution in [2.45, 2.75) is 32.8 Å². The Balaban J connectivity index is 2.20. The fourth-order valence-electron chi connectivity index (χ4n) is 1.08. The van der Waals surface area contributed by atoms with Gasteiger partial charge in [0, 0.05) is 13.0 Å². The minimum atomic E-state index is 0.211. The first-order valence-electron chi connectivity index (χ1n) is 4.09. The quantitative estimate of drug-likeness (QED) is 0.611. The van der Waals surface area contributed by atoms with Gasteiger partial charge in [-0.1, -0.05) is 0 Å². The first kappa shape index (κ1) is 8.53. The molecule has 0 radical (unpaired) electrons. The van der Waals surface area contributed by atoms with Gasteiger partial charge in [0.05, 0.1) is 6.10 Å². The molecule has 0 spiro atoms. The predicted molar refractivity (Wildman–Crippen MR) is 42.0 cm³/mol. The van der Waals surface area contributed by atoms with E-state index >= 15 is 0 Å². The molecule has 1 aliphatic rings. The van der Waals surface area contributed by atoms with Crippen molar-refractivity contribution < 1.29 is 9.53 Å². The molecule has 0 bridgehead atoms. The first-order chi connectivity index (χ1) is 5.20. The van der Waals surface area contributed by atoms with Gasteiger partial charge in [-0.05, 0) is 20.3 Å². The maximum absolute atomic E-state index is 11.0. The largest absolute Gasteiger partial charge is 0.358 e. The van der Waals surface area contributed by atoms with E-state index < -0.39 is 0 Å². The lowest BCUT2D eigenvalue weighted by Gasteiger charge is -2.17. The number of rotatable bonds is 3. The second-order valence-corrected chi connectivity index (χ2v) is 3.11. The summed E-state index contributed by atoms with van der Waals surface area (Å²) in [7, 11) is 0. The van der Waals surface area contributed by atoms with Crippen LogP contribution in [0, 0.1) is 0 Å². The number of carbonyl (C=O) groups is 1. The van der Waals surface area contributed by atoms with Crippen LogP contribution in [0.1, 0.15) is 26.7 Å². The summed E-state index contributed by atoms with van der Waals surface area (Å²) in [5.74, 6) is 0.227. The van der Waals surface area contributed by atoms with Gasteiger partial charge in [-0.2, -0.15) is 0 Å². The van der Waals surface area contributed by atoms with Crippen molar-refractivity contribution in [1.29, 1.82) is 0 Å². The fraction of sp³-hybridized carbons (Fsp3) is 0.875. The molecule has 0 aromatic heterocycles. The van der Waals surface area contributed by atoms with E-state index in [2.05, 4.69) is 0 Å². The number of amides is 1. The highest BCUT2D eigenvalue weighted by atomic mass is 16.5. The average molecular weight is 157 g/mol. The molecule has 64 valence electrons. The van der Waals surface area contributed by atoms with Gasteiger partial charge < -0.3 is 9.64 Å². The van der Waals surface area contributed by atoms with E-state index in [1.807, 2.05) is 13.8 Å². The van der Waals surface area contributed by atoms with Crippen molar-refractivity contribution in [3.63, 3.8) is 0 Å². The van der Waals surface area contributed by atoms with Crippen molar-refractivity contribution in [3.05, 3.63) is 0 Å². The van der Waals surface area contributed by atoms with E-state index in [0.29, 0.717) is 13.2 Å². The van der Waals surface area contributed by atoms with Gasteiger partial charge in [0.1, 0.15) is 6.73 Å². The first-order valence-corrected chi connectivity index (χ1v) is 4.09. The SMILES string of the molecule is CC(C)OCN1CCCC1=O. The lowest BCUT2D eigenvalue weighted by Crippen LogP contribution is -2.28. The van der Waals surface area contributed by atoms with Gasteiger partial charge >= 0.3 is 0 Å². The minimum absolute atomic E-state index is 0.211. The van der Waals surface area contributed by atoms with Crippen LogP contribution in [-0.2, 0) is 9.53 Å². The molecule has 0 aromatic rings. The van der Waals surface area contributed by atoms with Crippen LogP contribution in [0.25, 0.3) is 0 Å². The standard InChI is InChI=1S/C8H15NO2/c1-7(2)11-6-9-5-3-4-8(9)10/h7H,3-6H2,1-2H3. The molecule has 0 aromatic carbocycles. The second-order valence-electron chi connectivity index (χ2n) is 3.11. The molecule has 3 heteroatoms. The number of carbonyl (C=O) groups excluding carboxylic acids is 1. The highest BCUT2D eigenvalue weighted by Crippen LogP contribution is 2.09. The summed E-state index contributed by atoms with van der Waals surface area (Å²) in [6.45, 7) is 5.28. The van der Waals surface area contributed by atoms with E-state index in [-0.39, 0.29) is 12.0 Å². The normalized spacial score (nSPS) is 18.5. The van der Waals surface area contributed by atoms with Crippen LogP contribution >= 0.6 is 0 Å². The smallest absolute Gasteiger partial charge is 0.224 e. The zero-order valence-corrected chi connectivity index (χ0v) is 7.17. The molecule has 0 saturated carbocycles. The monoisotopic (exact) mass is 157 g/mol. The Hall–Kier alpha value is -0.570. The zero-order valence-electron chi connectivity index (χ0n) is 7.17. The van der Waals surface area contributed by atoms with Crippen LogP contribution in [0.5, 0.6) is 0 Å². The lowest BCUT2D eigenvalue weighted by atomic mass is 10.4. The minimum Gasteiger partial charge on any atom is -0.358 e. The van der Waals surface area contributed by atoms with E-state index in [1.54, 1.807) is 4.90 Å². The number of likely N-dealkylation sites (tertiary alicyclic amines) is 1. The third-order valence-corrected chi connectivity index (χ3v) is 1.74. The summed E-state index contributed by atoms with van der Waals surface area (Å²) in [5.41, 5.74) is 0. The molecule has 11 heavy (non-hydrogen) atoms. The highest BCUT2D eigenvalue weighted by Gasteiger charge is 2.19. The number of hydrogen-bond donors (Lipinski definition) is 0. The van der Waals surface area contributed by atoms with Crippen molar-refractivity contribution in [2.75, 3.05) is 13.3 Å². The summed E-state index contributed by atoms with van der Waals surface area (Å²) in [4.78, 5) is 12.8. The van der Waals surface area contributed by atoms with Crippen LogP contribution < -0.4 is 0 Å². The molecule has 1 aliphatic heterocycles. The van der Waals surface area contributed by atoms with E-state index in [9.17, 15) is 4.79 Å². The van der Waals surface area contributed by atoms with Crippen LogP contribution in [0.4, 0.5) is 0 Å². The third-order valence-electron chi connectivity index (χ3n) is 1.74. The summed E-state index contributed by atoms with van der Waals surface area (Å²) < 4.78 is 5.30. The van der Waals surface area contributed by atoms with Crippen molar-refractivity contribution >= 4 is 5.91 Å². The Morgan fingerprint density at radius 2 is 2.36 bits per heavy atom. The molecule has 1 fully saturated rings. The molecule has 3 nitrogen and oxygen atoms in total. The molecular formula is C8H15NO2. The summed E-state index contributed by atoms with van der Waals surface area (Å²) in [5, 5.41) is 0. The Kier molecular flexibility index (Phi) is 2.88. The van der Waals surface area contributed by atoms with Gasteiger partial charge in [-0.3, -0.25) is 4.79 Å². The third kappa shape index (κ3) is 2.50. The van der Waals surface area contributed by atoms with E-state index in [0.717, 1.165) is 13.0 Å². The van der Waals surface area contributed by atoms with Crippen LogP contribution in [-0.4, -0.2) is 30.2 Å². The molecule has 0 aliphatic carbocycles. The molecular weight excluding hydrogens is 142 g/mol. The van der Waals surface area contributed by atoms with Crippen molar-refractivity contribution in [2.24, 2.45) is 0 Å². The molecule has 1 saturated heterocycles. The van der Waals surface area contributed by atoms with Gasteiger partial charge in [0.15, 0.2) is 0 Å². The number of hydrogen-bond acceptors (Lipinski definition) is 2. The molecule has 1 heterocycles. The Morgan fingerprint density at radius 3 is 2.82 bits per heavy atom. The number of ether oxygens (including phenoxy) is 1. The van der Waals surface area contributed by atoms with Gasteiger partial charge in [-0.25, -0.2) is 0 Å². The van der Waals surface area contributed by atoms with Gasteiger partial charge in [0.25, 0.3) is 0 Å². The summed E-state index contributed by atoms with van der Waals surface area (Å²) in [6.07, 6.45) is 1.89. The highest BCUT2D eigenvalue weighted by molar-refractivity contribution is 5.77. The van der Waals surface area contributed by atoms with Crippen molar-refractivity contribution in [1.82, 2.24) is 4.90 Å². The average Bonchev–Trinajstić information content (AvgIpc) is 2.31. The van der Waals surface area contributed by atoms with E-state index in [4.69, 9.17) is 4.74 Å². The lowest BCUT2D eigenvalue weighted by molar-refractivity contribution is -0.133. The summed E-state index contributed by atoms with van der Waals surface area (Å²) >= 11 is 0. The maximum Gasteiger partial charge on any atom is 0.224 e. The molecule has 1 amide bonds. The summed E-state index contributed by atoms with van der Waals surface area (Å²) in [6, 6.07) is 0.